The van der Waals surface area contributed by atoms with Crippen LogP contribution < -0.4 is 5.32 Å². The number of nitrogens with zero attached hydrogens (tertiary/aromatic N) is 1. The Morgan fingerprint density at radius 2 is 2.20 bits per heavy atom. The molecule has 1 aliphatic carbocycles. The maximum absolute atomic E-state index is 4.09. The van der Waals surface area contributed by atoms with Crippen molar-refractivity contribution in [2.24, 2.45) is 5.92 Å². The van der Waals surface area contributed by atoms with Crippen LogP contribution in [0, 0.1) is 5.92 Å². The maximum atomic E-state index is 4.09. The van der Waals surface area contributed by atoms with Gasteiger partial charge in [-0.15, -0.1) is 0 Å². The summed E-state index contributed by atoms with van der Waals surface area (Å²) in [5.74, 6) is 0.906. The maximum Gasteiger partial charge on any atom is 0.0202 e. The molecule has 1 aliphatic rings. The lowest BCUT2D eigenvalue weighted by molar-refractivity contribution is 0.174. The number of likely N-dealkylation sites (N-methyl/N-ethyl adjacent to an activating group) is 2. The van der Waals surface area contributed by atoms with Gasteiger partial charge in [0.15, 0.2) is 0 Å². The Morgan fingerprint density at radius 1 is 1.47 bits per heavy atom. The van der Waals surface area contributed by atoms with E-state index in [9.17, 15) is 0 Å². The van der Waals surface area contributed by atoms with E-state index in [4.69, 9.17) is 0 Å². The van der Waals surface area contributed by atoms with Gasteiger partial charge in [0.2, 0.25) is 0 Å². The van der Waals surface area contributed by atoms with Gasteiger partial charge in [0.1, 0.15) is 0 Å². The van der Waals surface area contributed by atoms with E-state index in [2.05, 4.69) is 30.8 Å². The summed E-state index contributed by atoms with van der Waals surface area (Å²) in [6.45, 7) is 8.45. The van der Waals surface area contributed by atoms with Crippen molar-refractivity contribution in [3.05, 3.63) is 12.2 Å². The molecule has 0 bridgehead atoms. The highest BCUT2D eigenvalue weighted by Gasteiger charge is 2.22. The Bertz CT molecular complexity index is 201. The Balaban J connectivity index is 2.32. The SMILES string of the molecule is C=C(CNC)CN(C)C1CCCC(C)C1. The molecule has 1 rings (SSSR count). The van der Waals surface area contributed by atoms with Gasteiger partial charge >= 0.3 is 0 Å². The molecule has 0 spiro atoms. The molecule has 0 radical (unpaired) electrons. The first kappa shape index (κ1) is 12.7. The predicted molar refractivity (Wildman–Crippen MR) is 67.1 cm³/mol. The lowest BCUT2D eigenvalue weighted by atomic mass is 9.86. The zero-order chi connectivity index (χ0) is 11.3. The summed E-state index contributed by atoms with van der Waals surface area (Å²) in [4.78, 5) is 2.48. The molecule has 0 aliphatic heterocycles. The number of hydrogen-bond acceptors (Lipinski definition) is 2. The summed E-state index contributed by atoms with van der Waals surface area (Å²) in [6, 6.07) is 0.780. The highest BCUT2D eigenvalue weighted by molar-refractivity contribution is 5.00. The summed E-state index contributed by atoms with van der Waals surface area (Å²) in [7, 11) is 4.22. The summed E-state index contributed by atoms with van der Waals surface area (Å²) < 4.78 is 0. The van der Waals surface area contributed by atoms with E-state index >= 15 is 0 Å². The minimum Gasteiger partial charge on any atom is -0.316 e. The lowest BCUT2D eigenvalue weighted by Gasteiger charge is -2.34. The van der Waals surface area contributed by atoms with Crippen LogP contribution >= 0.6 is 0 Å². The van der Waals surface area contributed by atoms with Crippen LogP contribution in [0.5, 0.6) is 0 Å². The first-order chi connectivity index (χ1) is 7.13. The fourth-order valence-corrected chi connectivity index (χ4v) is 2.59. The van der Waals surface area contributed by atoms with E-state index in [0.29, 0.717) is 0 Å². The van der Waals surface area contributed by atoms with Gasteiger partial charge in [-0.1, -0.05) is 26.3 Å². The minimum absolute atomic E-state index is 0.780. The fraction of sp³-hybridized carbons (Fsp3) is 0.846. The average Bonchev–Trinajstić information content (AvgIpc) is 2.18. The van der Waals surface area contributed by atoms with Crippen molar-refractivity contribution < 1.29 is 0 Å². The molecule has 88 valence electrons. The largest absolute Gasteiger partial charge is 0.316 e. The lowest BCUT2D eigenvalue weighted by Crippen LogP contribution is -2.37. The molecule has 0 aromatic heterocycles. The van der Waals surface area contributed by atoms with Gasteiger partial charge in [-0.25, -0.2) is 0 Å². The first-order valence-electron chi connectivity index (χ1n) is 6.15. The van der Waals surface area contributed by atoms with Crippen LogP contribution in [-0.2, 0) is 0 Å². The van der Waals surface area contributed by atoms with E-state index in [-0.39, 0.29) is 0 Å². The summed E-state index contributed by atoms with van der Waals surface area (Å²) >= 11 is 0. The van der Waals surface area contributed by atoms with Gasteiger partial charge in [0.05, 0.1) is 0 Å². The van der Waals surface area contributed by atoms with Crippen molar-refractivity contribution in [1.82, 2.24) is 10.2 Å². The van der Waals surface area contributed by atoms with Crippen molar-refractivity contribution >= 4 is 0 Å². The Labute approximate surface area is 94.7 Å². The van der Waals surface area contributed by atoms with Crippen molar-refractivity contribution in [1.29, 1.82) is 0 Å². The van der Waals surface area contributed by atoms with E-state index in [1.165, 1.54) is 31.3 Å². The van der Waals surface area contributed by atoms with Gasteiger partial charge in [-0.3, -0.25) is 4.90 Å². The molecular formula is C13H26N2. The van der Waals surface area contributed by atoms with Crippen molar-refractivity contribution in [2.45, 2.75) is 38.6 Å². The van der Waals surface area contributed by atoms with E-state index in [0.717, 1.165) is 25.0 Å². The normalized spacial score (nSPS) is 26.9. The van der Waals surface area contributed by atoms with E-state index < -0.39 is 0 Å². The highest BCUT2D eigenvalue weighted by Crippen LogP contribution is 2.26. The van der Waals surface area contributed by atoms with Crippen molar-refractivity contribution in [3.63, 3.8) is 0 Å². The quantitative estimate of drug-likeness (QED) is 0.700. The van der Waals surface area contributed by atoms with Crippen LogP contribution in [0.3, 0.4) is 0 Å². The Kier molecular flexibility index (Phi) is 5.34. The third-order valence-corrected chi connectivity index (χ3v) is 3.43. The smallest absolute Gasteiger partial charge is 0.0202 e. The fourth-order valence-electron chi connectivity index (χ4n) is 2.59. The number of hydrogen-bond donors (Lipinski definition) is 1. The van der Waals surface area contributed by atoms with Crippen LogP contribution in [0.2, 0.25) is 0 Å². The number of nitrogens with one attached hydrogen (secondary N) is 1. The standard InChI is InChI=1S/C13H26N2/c1-11-6-5-7-13(8-11)15(4)10-12(2)9-14-3/h11,13-14H,2,5-10H2,1,3-4H3. The monoisotopic (exact) mass is 210 g/mol. The summed E-state index contributed by atoms with van der Waals surface area (Å²) in [5.41, 5.74) is 1.29. The second-order valence-corrected chi connectivity index (χ2v) is 5.12. The third-order valence-electron chi connectivity index (χ3n) is 3.43. The Hall–Kier alpha value is -0.340. The van der Waals surface area contributed by atoms with Crippen LogP contribution in [0.15, 0.2) is 12.2 Å². The van der Waals surface area contributed by atoms with Gasteiger partial charge in [0, 0.05) is 19.1 Å². The van der Waals surface area contributed by atoms with E-state index in [1.54, 1.807) is 0 Å². The molecule has 2 atom stereocenters. The molecule has 0 saturated heterocycles. The van der Waals surface area contributed by atoms with Gasteiger partial charge < -0.3 is 5.32 Å². The van der Waals surface area contributed by atoms with Crippen molar-refractivity contribution in [3.8, 4) is 0 Å². The third kappa shape index (κ3) is 4.35. The molecule has 15 heavy (non-hydrogen) atoms. The van der Waals surface area contributed by atoms with Crippen LogP contribution in [-0.4, -0.2) is 38.1 Å². The molecular weight excluding hydrogens is 184 g/mol. The van der Waals surface area contributed by atoms with Crippen LogP contribution in [0.25, 0.3) is 0 Å². The molecule has 2 unspecified atom stereocenters. The van der Waals surface area contributed by atoms with Crippen molar-refractivity contribution in [2.75, 3.05) is 27.2 Å². The molecule has 0 heterocycles. The highest BCUT2D eigenvalue weighted by atomic mass is 15.1. The molecule has 1 N–H and O–H groups in total. The molecule has 2 nitrogen and oxygen atoms in total. The molecule has 1 fully saturated rings. The minimum atomic E-state index is 0.780. The van der Waals surface area contributed by atoms with Gasteiger partial charge in [-0.05, 0) is 38.4 Å². The first-order valence-corrected chi connectivity index (χ1v) is 6.15. The van der Waals surface area contributed by atoms with Crippen LogP contribution in [0.1, 0.15) is 32.6 Å². The zero-order valence-electron chi connectivity index (χ0n) is 10.6. The van der Waals surface area contributed by atoms with Crippen LogP contribution in [0.4, 0.5) is 0 Å². The van der Waals surface area contributed by atoms with E-state index in [1.807, 2.05) is 7.05 Å². The van der Waals surface area contributed by atoms with Gasteiger partial charge in [-0.2, -0.15) is 0 Å². The number of rotatable bonds is 5. The predicted octanol–water partition coefficient (Wildman–Crippen LogP) is 2.27. The molecule has 1 saturated carbocycles. The molecule has 0 aromatic carbocycles. The molecule has 2 heteroatoms. The zero-order valence-corrected chi connectivity index (χ0v) is 10.6. The average molecular weight is 210 g/mol. The summed E-state index contributed by atoms with van der Waals surface area (Å²) in [6.07, 6.45) is 5.55. The topological polar surface area (TPSA) is 15.3 Å². The molecule has 0 aromatic rings. The summed E-state index contributed by atoms with van der Waals surface area (Å²) in [5, 5.41) is 3.16. The second-order valence-electron chi connectivity index (χ2n) is 5.12. The van der Waals surface area contributed by atoms with Gasteiger partial charge in [0.25, 0.3) is 0 Å². The second kappa shape index (κ2) is 6.29. The Morgan fingerprint density at radius 3 is 2.80 bits per heavy atom. The molecule has 0 amide bonds.